The monoisotopic (exact) mass is 372 g/mol. The highest BCUT2D eigenvalue weighted by atomic mass is 16.5. The van der Waals surface area contributed by atoms with Crippen LogP contribution in [0.5, 0.6) is 11.5 Å². The molecular formula is C23H20N2O3. The standard InChI is InChI=1S/C23H20N2O3/c1-16-12-13-21(27-2)19(14-16)25-23(26)22(17-8-4-3-5-9-17)28-20-11-7-6-10-18(20)15-24/h3-14,22H,1-2H3,(H,25,26)/t22-/m1/s1. The van der Waals surface area contributed by atoms with Crippen LogP contribution in [0.1, 0.15) is 22.8 Å². The van der Waals surface area contributed by atoms with Gasteiger partial charge in [0.15, 0.2) is 0 Å². The Labute approximate surface area is 164 Å². The highest BCUT2D eigenvalue weighted by Crippen LogP contribution is 2.29. The number of aryl methyl sites for hydroxylation is 1. The van der Waals surface area contributed by atoms with E-state index in [1.165, 1.54) is 0 Å². The Hall–Kier alpha value is -3.78. The first-order valence-electron chi connectivity index (χ1n) is 8.78. The molecule has 3 rings (SSSR count). The lowest BCUT2D eigenvalue weighted by Gasteiger charge is -2.20. The number of anilines is 1. The number of hydrogen-bond acceptors (Lipinski definition) is 4. The predicted molar refractivity (Wildman–Crippen MR) is 107 cm³/mol. The van der Waals surface area contributed by atoms with Crippen LogP contribution >= 0.6 is 0 Å². The minimum atomic E-state index is -0.930. The predicted octanol–water partition coefficient (Wildman–Crippen LogP) is 4.63. The van der Waals surface area contributed by atoms with Crippen molar-refractivity contribution < 1.29 is 14.3 Å². The summed E-state index contributed by atoms with van der Waals surface area (Å²) in [7, 11) is 1.55. The topological polar surface area (TPSA) is 71.3 Å². The van der Waals surface area contributed by atoms with Crippen molar-refractivity contribution in [2.75, 3.05) is 12.4 Å². The molecule has 0 aliphatic heterocycles. The van der Waals surface area contributed by atoms with Crippen LogP contribution in [0.15, 0.2) is 72.8 Å². The molecule has 0 spiro atoms. The Morgan fingerprint density at radius 3 is 2.43 bits per heavy atom. The summed E-state index contributed by atoms with van der Waals surface area (Å²) < 4.78 is 11.3. The lowest BCUT2D eigenvalue weighted by atomic mass is 10.1. The number of amides is 1. The average Bonchev–Trinajstić information content (AvgIpc) is 2.73. The summed E-state index contributed by atoms with van der Waals surface area (Å²) in [4.78, 5) is 13.1. The molecule has 0 fully saturated rings. The first kappa shape index (κ1) is 19.0. The third kappa shape index (κ3) is 4.30. The maximum Gasteiger partial charge on any atom is 0.270 e. The summed E-state index contributed by atoms with van der Waals surface area (Å²) in [5.74, 6) is 0.552. The van der Waals surface area contributed by atoms with Gasteiger partial charge in [-0.15, -0.1) is 0 Å². The highest BCUT2D eigenvalue weighted by Gasteiger charge is 2.24. The van der Waals surface area contributed by atoms with Gasteiger partial charge in [-0.3, -0.25) is 4.79 Å². The van der Waals surface area contributed by atoms with E-state index in [1.807, 2.05) is 49.4 Å². The number of benzene rings is 3. The quantitative estimate of drug-likeness (QED) is 0.684. The number of para-hydroxylation sites is 1. The fraction of sp³-hybridized carbons (Fsp3) is 0.130. The van der Waals surface area contributed by atoms with E-state index in [2.05, 4.69) is 11.4 Å². The van der Waals surface area contributed by atoms with Crippen molar-refractivity contribution in [2.45, 2.75) is 13.0 Å². The Bertz CT molecular complexity index is 1010. The molecule has 140 valence electrons. The SMILES string of the molecule is COc1ccc(C)cc1NC(=O)[C@H](Oc1ccccc1C#N)c1ccccc1. The van der Waals surface area contributed by atoms with E-state index in [0.717, 1.165) is 5.56 Å². The van der Waals surface area contributed by atoms with Gasteiger partial charge in [0, 0.05) is 5.56 Å². The zero-order valence-corrected chi connectivity index (χ0v) is 15.7. The van der Waals surface area contributed by atoms with Crippen molar-refractivity contribution in [1.82, 2.24) is 0 Å². The number of carbonyl (C=O) groups excluding carboxylic acids is 1. The maximum atomic E-state index is 13.1. The molecule has 0 saturated carbocycles. The number of nitrogens with zero attached hydrogens (tertiary/aromatic N) is 1. The first-order chi connectivity index (χ1) is 13.6. The normalized spacial score (nSPS) is 11.2. The van der Waals surface area contributed by atoms with Gasteiger partial charge in [0.1, 0.15) is 17.6 Å². The molecule has 0 heterocycles. The van der Waals surface area contributed by atoms with Crippen LogP contribution in [0.25, 0.3) is 0 Å². The second-order valence-electron chi connectivity index (χ2n) is 6.21. The largest absolute Gasteiger partial charge is 0.495 e. The summed E-state index contributed by atoms with van der Waals surface area (Å²) in [5.41, 5.74) is 2.59. The fourth-order valence-electron chi connectivity index (χ4n) is 2.81. The highest BCUT2D eigenvalue weighted by molar-refractivity contribution is 5.96. The third-order valence-electron chi connectivity index (χ3n) is 4.21. The third-order valence-corrected chi connectivity index (χ3v) is 4.21. The number of nitrogens with one attached hydrogen (secondary N) is 1. The molecule has 0 aliphatic carbocycles. The van der Waals surface area contributed by atoms with E-state index in [1.54, 1.807) is 37.4 Å². The van der Waals surface area contributed by atoms with Crippen molar-refractivity contribution in [3.05, 3.63) is 89.5 Å². The number of carbonyl (C=O) groups is 1. The molecule has 3 aromatic rings. The molecule has 0 radical (unpaired) electrons. The van der Waals surface area contributed by atoms with E-state index in [-0.39, 0.29) is 5.91 Å². The van der Waals surface area contributed by atoms with Gasteiger partial charge >= 0.3 is 0 Å². The summed E-state index contributed by atoms with van der Waals surface area (Å²) >= 11 is 0. The van der Waals surface area contributed by atoms with Crippen molar-refractivity contribution in [2.24, 2.45) is 0 Å². The Morgan fingerprint density at radius 2 is 1.71 bits per heavy atom. The lowest BCUT2D eigenvalue weighted by Crippen LogP contribution is -2.26. The molecular weight excluding hydrogens is 352 g/mol. The molecule has 0 unspecified atom stereocenters. The maximum absolute atomic E-state index is 13.1. The van der Waals surface area contributed by atoms with Gasteiger partial charge in [0.05, 0.1) is 18.4 Å². The average molecular weight is 372 g/mol. The van der Waals surface area contributed by atoms with Crippen LogP contribution in [0.4, 0.5) is 5.69 Å². The van der Waals surface area contributed by atoms with Crippen molar-refractivity contribution in [1.29, 1.82) is 5.26 Å². The molecule has 0 saturated heterocycles. The van der Waals surface area contributed by atoms with E-state index in [0.29, 0.717) is 28.3 Å². The van der Waals surface area contributed by atoms with Crippen molar-refractivity contribution >= 4 is 11.6 Å². The molecule has 28 heavy (non-hydrogen) atoms. The number of nitriles is 1. The van der Waals surface area contributed by atoms with Crippen molar-refractivity contribution in [3.63, 3.8) is 0 Å². The van der Waals surface area contributed by atoms with Gasteiger partial charge in [-0.1, -0.05) is 48.5 Å². The molecule has 1 atom stereocenters. The Balaban J connectivity index is 1.95. The smallest absolute Gasteiger partial charge is 0.270 e. The summed E-state index contributed by atoms with van der Waals surface area (Å²) in [5, 5.41) is 12.2. The number of rotatable bonds is 6. The molecule has 5 nitrogen and oxygen atoms in total. The second kappa shape index (κ2) is 8.74. The van der Waals surface area contributed by atoms with Crippen LogP contribution in [0, 0.1) is 18.3 Å². The van der Waals surface area contributed by atoms with Crippen molar-refractivity contribution in [3.8, 4) is 17.6 Å². The van der Waals surface area contributed by atoms with Crippen LogP contribution < -0.4 is 14.8 Å². The van der Waals surface area contributed by atoms with Gasteiger partial charge in [0.25, 0.3) is 5.91 Å². The van der Waals surface area contributed by atoms with Gasteiger partial charge in [-0.2, -0.15) is 5.26 Å². The molecule has 0 aliphatic rings. The Kier molecular flexibility index (Phi) is 5.93. The number of ether oxygens (including phenoxy) is 2. The van der Waals surface area contributed by atoms with E-state index >= 15 is 0 Å². The summed E-state index contributed by atoms with van der Waals surface area (Å²) in [6, 6.07) is 23.6. The summed E-state index contributed by atoms with van der Waals surface area (Å²) in [6.45, 7) is 1.93. The van der Waals surface area contributed by atoms with E-state index in [9.17, 15) is 10.1 Å². The lowest BCUT2D eigenvalue weighted by molar-refractivity contribution is -0.123. The van der Waals surface area contributed by atoms with Gasteiger partial charge in [-0.05, 0) is 36.8 Å². The van der Waals surface area contributed by atoms with Crippen LogP contribution in [-0.2, 0) is 4.79 Å². The molecule has 1 N–H and O–H groups in total. The molecule has 0 bridgehead atoms. The fourth-order valence-corrected chi connectivity index (χ4v) is 2.81. The number of hydrogen-bond donors (Lipinski definition) is 1. The van der Waals surface area contributed by atoms with Gasteiger partial charge in [-0.25, -0.2) is 0 Å². The zero-order chi connectivity index (χ0) is 19.9. The molecule has 1 amide bonds. The first-order valence-corrected chi connectivity index (χ1v) is 8.78. The molecule has 5 heteroatoms. The van der Waals surface area contributed by atoms with Crippen LogP contribution in [0.3, 0.4) is 0 Å². The minimum Gasteiger partial charge on any atom is -0.495 e. The van der Waals surface area contributed by atoms with Crippen LogP contribution in [-0.4, -0.2) is 13.0 Å². The van der Waals surface area contributed by atoms with E-state index < -0.39 is 6.10 Å². The van der Waals surface area contributed by atoms with Gasteiger partial charge in [0.2, 0.25) is 6.10 Å². The van der Waals surface area contributed by atoms with Gasteiger partial charge < -0.3 is 14.8 Å². The van der Waals surface area contributed by atoms with Crippen LogP contribution in [0.2, 0.25) is 0 Å². The van der Waals surface area contributed by atoms with E-state index in [4.69, 9.17) is 9.47 Å². The zero-order valence-electron chi connectivity index (χ0n) is 15.7. The number of methoxy groups -OCH3 is 1. The molecule has 3 aromatic carbocycles. The minimum absolute atomic E-state index is 0.352. The molecule has 0 aromatic heterocycles. The Morgan fingerprint density at radius 1 is 1.00 bits per heavy atom. The summed E-state index contributed by atoms with van der Waals surface area (Å²) in [6.07, 6.45) is -0.930. The second-order valence-corrected chi connectivity index (χ2v) is 6.21.